The molecular formula is C17H16F3KN4O2. The summed E-state index contributed by atoms with van der Waals surface area (Å²) in [5.74, 6) is -1.14. The van der Waals surface area contributed by atoms with Crippen LogP contribution in [-0.4, -0.2) is 32.8 Å². The standard InChI is InChI=1S/C17H16F2N4O2.FH.K/c18-14-4-2-1-3-11(14)10-22-16(19)13-9-20-23(17(24)15(13)21-22)12-5-7-25-8-6-12;;/h1-4,9,12H,5-8,10H2;1H;/q;;+1/p-1. The summed E-state index contributed by atoms with van der Waals surface area (Å²) < 4.78 is 36.0. The third kappa shape index (κ3) is 4.35. The minimum Gasteiger partial charge on any atom is -1.00 e. The second-order valence-corrected chi connectivity index (χ2v) is 6.04. The van der Waals surface area contributed by atoms with Crippen LogP contribution < -0.4 is 61.6 Å². The van der Waals surface area contributed by atoms with Crippen LogP contribution in [0.5, 0.6) is 0 Å². The molecule has 0 aliphatic carbocycles. The van der Waals surface area contributed by atoms with Gasteiger partial charge < -0.3 is 9.44 Å². The molecule has 0 unspecified atom stereocenters. The van der Waals surface area contributed by atoms with Crippen molar-refractivity contribution >= 4 is 10.9 Å². The number of halogens is 3. The van der Waals surface area contributed by atoms with E-state index in [1.807, 2.05) is 0 Å². The zero-order valence-electron chi connectivity index (χ0n) is 14.7. The van der Waals surface area contributed by atoms with Gasteiger partial charge in [-0.15, -0.1) is 0 Å². The van der Waals surface area contributed by atoms with Gasteiger partial charge in [0.05, 0.1) is 24.2 Å². The predicted octanol–water partition coefficient (Wildman–Crippen LogP) is -3.72. The number of fused-ring (bicyclic) bond motifs is 1. The third-order valence-electron chi connectivity index (χ3n) is 4.46. The summed E-state index contributed by atoms with van der Waals surface area (Å²) in [6.45, 7) is 1.03. The zero-order valence-corrected chi connectivity index (χ0v) is 17.9. The van der Waals surface area contributed by atoms with Gasteiger partial charge in [0.1, 0.15) is 5.82 Å². The molecule has 3 heterocycles. The number of nitrogens with zero attached hydrogens (tertiary/aromatic N) is 4. The van der Waals surface area contributed by atoms with Gasteiger partial charge in [-0.3, -0.25) is 4.79 Å². The van der Waals surface area contributed by atoms with E-state index in [2.05, 4.69) is 10.2 Å². The van der Waals surface area contributed by atoms with Crippen molar-refractivity contribution in [1.29, 1.82) is 0 Å². The molecule has 1 saturated heterocycles. The van der Waals surface area contributed by atoms with E-state index in [-0.39, 0.29) is 79.6 Å². The molecule has 0 spiro atoms. The Hall–Kier alpha value is -1.04. The van der Waals surface area contributed by atoms with Crippen molar-refractivity contribution in [2.24, 2.45) is 0 Å². The molecule has 1 fully saturated rings. The molecule has 0 bridgehead atoms. The summed E-state index contributed by atoms with van der Waals surface area (Å²) in [6, 6.07) is 6.01. The van der Waals surface area contributed by atoms with Gasteiger partial charge >= 0.3 is 51.4 Å². The SMILES string of the molecule is O=c1c2nn(Cc3ccccc3F)c(F)c2cnn1C1CCOCC1.[F-].[K+]. The molecule has 1 aliphatic heterocycles. The van der Waals surface area contributed by atoms with Gasteiger partial charge in [0, 0.05) is 18.8 Å². The molecule has 0 atom stereocenters. The molecule has 138 valence electrons. The van der Waals surface area contributed by atoms with Crippen LogP contribution in [0.25, 0.3) is 10.9 Å². The van der Waals surface area contributed by atoms with E-state index in [0.29, 0.717) is 31.6 Å². The van der Waals surface area contributed by atoms with Crippen molar-refractivity contribution < 1.29 is 69.6 Å². The maximum absolute atomic E-state index is 14.6. The Morgan fingerprint density at radius 2 is 1.89 bits per heavy atom. The molecule has 4 rings (SSSR count). The van der Waals surface area contributed by atoms with Gasteiger partial charge in [0.25, 0.3) is 5.56 Å². The number of aromatic nitrogens is 4. The van der Waals surface area contributed by atoms with E-state index in [1.165, 1.54) is 16.9 Å². The van der Waals surface area contributed by atoms with Crippen LogP contribution in [0.3, 0.4) is 0 Å². The van der Waals surface area contributed by atoms with Crippen LogP contribution in [0, 0.1) is 11.8 Å². The molecule has 1 aromatic carbocycles. The van der Waals surface area contributed by atoms with Crippen LogP contribution in [0.1, 0.15) is 24.4 Å². The minimum atomic E-state index is -0.693. The second-order valence-electron chi connectivity index (χ2n) is 6.04. The van der Waals surface area contributed by atoms with E-state index in [4.69, 9.17) is 4.74 Å². The maximum Gasteiger partial charge on any atom is 1.00 e. The van der Waals surface area contributed by atoms with Crippen LogP contribution >= 0.6 is 0 Å². The van der Waals surface area contributed by atoms with E-state index in [0.717, 1.165) is 4.68 Å². The largest absolute Gasteiger partial charge is 1.00 e. The minimum absolute atomic E-state index is 0. The third-order valence-corrected chi connectivity index (χ3v) is 4.46. The molecular weight excluding hydrogens is 388 g/mol. The Labute approximate surface area is 195 Å². The topological polar surface area (TPSA) is 61.9 Å². The van der Waals surface area contributed by atoms with Crippen molar-refractivity contribution in [2.75, 3.05) is 13.2 Å². The van der Waals surface area contributed by atoms with Crippen molar-refractivity contribution in [3.8, 4) is 0 Å². The molecule has 2 aromatic heterocycles. The first-order valence-electron chi connectivity index (χ1n) is 8.10. The van der Waals surface area contributed by atoms with Gasteiger partial charge in [-0.1, -0.05) is 18.2 Å². The molecule has 6 nitrogen and oxygen atoms in total. The van der Waals surface area contributed by atoms with E-state index < -0.39 is 17.3 Å². The van der Waals surface area contributed by atoms with E-state index in [1.54, 1.807) is 18.2 Å². The number of ether oxygens (including phenoxy) is 1. The van der Waals surface area contributed by atoms with Crippen molar-refractivity contribution in [3.63, 3.8) is 0 Å². The summed E-state index contributed by atoms with van der Waals surface area (Å²) in [7, 11) is 0. The number of hydrogen-bond donors (Lipinski definition) is 0. The van der Waals surface area contributed by atoms with Gasteiger partial charge in [-0.2, -0.15) is 14.6 Å². The van der Waals surface area contributed by atoms with E-state index in [9.17, 15) is 13.6 Å². The summed E-state index contributed by atoms with van der Waals surface area (Å²) in [6.07, 6.45) is 2.67. The Balaban J connectivity index is 0.00000131. The second kappa shape index (κ2) is 9.44. The Morgan fingerprint density at radius 3 is 2.59 bits per heavy atom. The normalized spacial score (nSPS) is 14.6. The summed E-state index contributed by atoms with van der Waals surface area (Å²) >= 11 is 0. The average molecular weight is 404 g/mol. The van der Waals surface area contributed by atoms with Crippen molar-refractivity contribution in [1.82, 2.24) is 19.6 Å². The van der Waals surface area contributed by atoms with Crippen molar-refractivity contribution in [3.05, 3.63) is 58.1 Å². The van der Waals surface area contributed by atoms with Gasteiger partial charge in [0.2, 0.25) is 5.95 Å². The first-order chi connectivity index (χ1) is 12.1. The fourth-order valence-electron chi connectivity index (χ4n) is 3.09. The Kier molecular flexibility index (Phi) is 7.78. The van der Waals surface area contributed by atoms with Crippen LogP contribution in [0.2, 0.25) is 0 Å². The molecule has 27 heavy (non-hydrogen) atoms. The van der Waals surface area contributed by atoms with Crippen LogP contribution in [0.15, 0.2) is 35.3 Å². The molecule has 0 N–H and O–H groups in total. The number of rotatable bonds is 3. The summed E-state index contributed by atoms with van der Waals surface area (Å²) in [4.78, 5) is 12.7. The number of hydrogen-bond acceptors (Lipinski definition) is 4. The van der Waals surface area contributed by atoms with Crippen molar-refractivity contribution in [2.45, 2.75) is 25.4 Å². The predicted molar refractivity (Wildman–Crippen MR) is 86.3 cm³/mol. The quantitative estimate of drug-likeness (QED) is 0.422. The molecule has 3 aromatic rings. The van der Waals surface area contributed by atoms with Gasteiger partial charge in [0.15, 0.2) is 5.52 Å². The average Bonchev–Trinajstić information content (AvgIpc) is 2.95. The smallest absolute Gasteiger partial charge is 1.00 e. The fourth-order valence-corrected chi connectivity index (χ4v) is 3.09. The molecule has 0 saturated carbocycles. The van der Waals surface area contributed by atoms with E-state index >= 15 is 0 Å². The monoisotopic (exact) mass is 404 g/mol. The molecule has 10 heteroatoms. The van der Waals surface area contributed by atoms with Crippen LogP contribution in [0.4, 0.5) is 8.78 Å². The van der Waals surface area contributed by atoms with Crippen LogP contribution in [-0.2, 0) is 11.3 Å². The first kappa shape index (κ1) is 22.2. The molecule has 0 radical (unpaired) electrons. The number of benzene rings is 1. The maximum atomic E-state index is 14.6. The Bertz CT molecular complexity index is 986. The van der Waals surface area contributed by atoms with Gasteiger partial charge in [-0.25, -0.2) is 13.8 Å². The summed E-state index contributed by atoms with van der Waals surface area (Å²) in [5, 5.41) is 8.23. The fraction of sp³-hybridized carbons (Fsp3) is 0.353. The molecule has 1 aliphatic rings. The molecule has 0 amide bonds. The zero-order chi connectivity index (χ0) is 17.4. The van der Waals surface area contributed by atoms with Gasteiger partial charge in [-0.05, 0) is 18.9 Å². The summed E-state index contributed by atoms with van der Waals surface area (Å²) in [5.41, 5.74) is -0.127. The first-order valence-corrected chi connectivity index (χ1v) is 8.10. The Morgan fingerprint density at radius 1 is 1.19 bits per heavy atom.